The van der Waals surface area contributed by atoms with E-state index in [1.54, 1.807) is 0 Å². The second kappa shape index (κ2) is 6.40. The summed E-state index contributed by atoms with van der Waals surface area (Å²) in [6.45, 7) is 2.15. The topological polar surface area (TPSA) is 82.8 Å². The maximum absolute atomic E-state index is 10.5. The summed E-state index contributed by atoms with van der Waals surface area (Å²) in [6.07, 6.45) is 1.75. The first-order valence-corrected chi connectivity index (χ1v) is 6.19. The quantitative estimate of drug-likeness (QED) is 0.711. The predicted molar refractivity (Wildman–Crippen MR) is 68.6 cm³/mol. The van der Waals surface area contributed by atoms with Gasteiger partial charge >= 0.3 is 0 Å². The molecule has 1 unspecified atom stereocenters. The number of ether oxygens (including phenoxy) is 2. The fraction of sp³-hybridized carbons (Fsp3) is 0.462. The summed E-state index contributed by atoms with van der Waals surface area (Å²) in [5, 5.41) is 0. The molecule has 0 radical (unpaired) electrons. The summed E-state index contributed by atoms with van der Waals surface area (Å²) in [5.41, 5.74) is 8.92. The van der Waals surface area contributed by atoms with Crippen LogP contribution in [0.1, 0.15) is 18.9 Å². The molecule has 6 nitrogen and oxygen atoms in total. The molecule has 0 spiro atoms. The molecule has 104 valence electrons. The molecule has 1 heterocycles. The average molecular weight is 266 g/mol. The highest BCUT2D eigenvalue weighted by atomic mass is 16.7. The summed E-state index contributed by atoms with van der Waals surface area (Å²) in [4.78, 5) is 15.5. The minimum atomic E-state index is -0.490. The van der Waals surface area contributed by atoms with Gasteiger partial charge in [-0.15, -0.1) is 0 Å². The molecule has 6 heteroatoms. The maximum Gasteiger partial charge on any atom is 0.245 e. The number of rotatable bonds is 7. The van der Waals surface area contributed by atoms with E-state index >= 15 is 0 Å². The Bertz CT molecular complexity index is 450. The van der Waals surface area contributed by atoms with Gasteiger partial charge in [0, 0.05) is 6.04 Å². The van der Waals surface area contributed by atoms with Gasteiger partial charge in [0.15, 0.2) is 11.5 Å². The van der Waals surface area contributed by atoms with Crippen LogP contribution in [0.2, 0.25) is 0 Å². The molecule has 19 heavy (non-hydrogen) atoms. The summed E-state index contributed by atoms with van der Waals surface area (Å²) < 4.78 is 10.6. The molecule has 0 saturated carbocycles. The number of amides is 1. The minimum Gasteiger partial charge on any atom is -0.454 e. The van der Waals surface area contributed by atoms with Gasteiger partial charge < -0.3 is 15.2 Å². The van der Waals surface area contributed by atoms with Crippen molar-refractivity contribution in [3.63, 3.8) is 0 Å². The number of primary amides is 1. The Morgan fingerprint density at radius 1 is 1.47 bits per heavy atom. The zero-order valence-electron chi connectivity index (χ0n) is 10.8. The van der Waals surface area contributed by atoms with Crippen LogP contribution in [-0.4, -0.2) is 25.3 Å². The van der Waals surface area contributed by atoms with Gasteiger partial charge in [-0.3, -0.25) is 9.63 Å². The molecule has 0 aromatic heterocycles. The van der Waals surface area contributed by atoms with Gasteiger partial charge in [0.1, 0.15) is 6.61 Å². The lowest BCUT2D eigenvalue weighted by molar-refractivity contribution is -0.126. The van der Waals surface area contributed by atoms with Gasteiger partial charge in [-0.2, -0.15) is 5.48 Å². The van der Waals surface area contributed by atoms with Crippen LogP contribution in [0.15, 0.2) is 18.2 Å². The molecular weight excluding hydrogens is 248 g/mol. The lowest BCUT2D eigenvalue weighted by atomic mass is 10.1. The van der Waals surface area contributed by atoms with Crippen molar-refractivity contribution in [3.05, 3.63) is 23.8 Å². The van der Waals surface area contributed by atoms with Crippen LogP contribution in [0.4, 0.5) is 0 Å². The summed E-state index contributed by atoms with van der Waals surface area (Å²) in [7, 11) is 0. The molecule has 1 aliphatic rings. The zero-order valence-corrected chi connectivity index (χ0v) is 10.8. The van der Waals surface area contributed by atoms with E-state index in [1.165, 1.54) is 5.56 Å². The van der Waals surface area contributed by atoms with Crippen molar-refractivity contribution in [3.8, 4) is 11.5 Å². The molecule has 3 N–H and O–H groups in total. The van der Waals surface area contributed by atoms with Gasteiger partial charge in [-0.1, -0.05) is 6.07 Å². The number of aryl methyl sites for hydroxylation is 1. The Balaban J connectivity index is 1.74. The molecule has 0 aliphatic carbocycles. The van der Waals surface area contributed by atoms with Crippen LogP contribution in [0.3, 0.4) is 0 Å². The molecule has 1 amide bonds. The third-order valence-electron chi connectivity index (χ3n) is 2.80. The van der Waals surface area contributed by atoms with Crippen molar-refractivity contribution in [1.29, 1.82) is 0 Å². The molecule has 0 bridgehead atoms. The van der Waals surface area contributed by atoms with Crippen molar-refractivity contribution in [2.45, 2.75) is 25.8 Å². The first kappa shape index (κ1) is 13.6. The van der Waals surface area contributed by atoms with E-state index in [9.17, 15) is 4.79 Å². The maximum atomic E-state index is 10.5. The van der Waals surface area contributed by atoms with Crippen LogP contribution in [0.25, 0.3) is 0 Å². The second-order valence-electron chi connectivity index (χ2n) is 4.50. The fourth-order valence-corrected chi connectivity index (χ4v) is 1.79. The van der Waals surface area contributed by atoms with Gasteiger partial charge in [0.2, 0.25) is 12.7 Å². The van der Waals surface area contributed by atoms with Crippen LogP contribution >= 0.6 is 0 Å². The number of nitrogens with one attached hydrogen (secondary N) is 1. The van der Waals surface area contributed by atoms with E-state index < -0.39 is 5.91 Å². The average Bonchev–Trinajstić information content (AvgIpc) is 2.83. The molecular formula is C13H18N2O4. The highest BCUT2D eigenvalue weighted by Gasteiger charge is 2.13. The highest BCUT2D eigenvalue weighted by Crippen LogP contribution is 2.32. The normalized spacial score (nSPS) is 14.4. The predicted octanol–water partition coefficient (Wildman–Crippen LogP) is 0.743. The Labute approximate surface area is 111 Å². The second-order valence-corrected chi connectivity index (χ2v) is 4.50. The lowest BCUT2D eigenvalue weighted by Crippen LogP contribution is -2.31. The molecule has 1 aromatic carbocycles. The number of hydroxylamine groups is 1. The van der Waals surface area contributed by atoms with Crippen molar-refractivity contribution in [2.24, 2.45) is 5.73 Å². The SMILES string of the molecule is CC(CCc1ccc2c(c1)OCO2)NOCC(N)=O. The summed E-state index contributed by atoms with van der Waals surface area (Å²) >= 11 is 0. The summed E-state index contributed by atoms with van der Waals surface area (Å²) in [5.74, 6) is 1.10. The molecule has 0 fully saturated rings. The van der Waals surface area contributed by atoms with E-state index in [1.807, 2.05) is 25.1 Å². The van der Waals surface area contributed by atoms with Gasteiger partial charge in [0.25, 0.3) is 0 Å². The Morgan fingerprint density at radius 3 is 3.05 bits per heavy atom. The van der Waals surface area contributed by atoms with Crippen LogP contribution in [0, 0.1) is 0 Å². The number of benzene rings is 1. The van der Waals surface area contributed by atoms with Crippen LogP contribution in [0.5, 0.6) is 11.5 Å². The highest BCUT2D eigenvalue weighted by molar-refractivity contribution is 5.74. The van der Waals surface area contributed by atoms with Gasteiger partial charge in [-0.25, -0.2) is 0 Å². The van der Waals surface area contributed by atoms with E-state index in [2.05, 4.69) is 5.48 Å². The molecule has 0 saturated heterocycles. The Kier molecular flexibility index (Phi) is 4.59. The van der Waals surface area contributed by atoms with Crippen molar-refractivity contribution >= 4 is 5.91 Å². The van der Waals surface area contributed by atoms with Gasteiger partial charge in [0.05, 0.1) is 0 Å². The van der Waals surface area contributed by atoms with E-state index in [0.29, 0.717) is 0 Å². The van der Waals surface area contributed by atoms with Gasteiger partial charge in [-0.05, 0) is 37.5 Å². The standard InChI is InChI=1S/C13H18N2O4/c1-9(15-19-7-13(14)16)2-3-10-4-5-11-12(6-10)18-8-17-11/h4-6,9,15H,2-3,7-8H2,1H3,(H2,14,16). The van der Waals surface area contributed by atoms with E-state index in [4.69, 9.17) is 20.0 Å². The minimum absolute atomic E-state index is 0.117. The largest absolute Gasteiger partial charge is 0.454 e. The van der Waals surface area contributed by atoms with E-state index in [0.717, 1.165) is 24.3 Å². The van der Waals surface area contributed by atoms with Crippen LogP contribution < -0.4 is 20.7 Å². The Hall–Kier alpha value is -1.79. The molecule has 1 atom stereocenters. The first-order chi connectivity index (χ1) is 9.15. The van der Waals surface area contributed by atoms with Crippen molar-refractivity contribution < 1.29 is 19.1 Å². The van der Waals surface area contributed by atoms with Crippen LogP contribution in [-0.2, 0) is 16.1 Å². The number of hydrogen-bond acceptors (Lipinski definition) is 5. The molecule has 1 aliphatic heterocycles. The number of carbonyl (C=O) groups is 1. The van der Waals surface area contributed by atoms with Crippen molar-refractivity contribution in [1.82, 2.24) is 5.48 Å². The molecule has 2 rings (SSSR count). The number of carbonyl (C=O) groups excluding carboxylic acids is 1. The zero-order chi connectivity index (χ0) is 13.7. The Morgan fingerprint density at radius 2 is 2.26 bits per heavy atom. The summed E-state index contributed by atoms with van der Waals surface area (Å²) in [6, 6.07) is 6.05. The van der Waals surface area contributed by atoms with Crippen molar-refractivity contribution in [2.75, 3.05) is 13.4 Å². The number of hydrogen-bond donors (Lipinski definition) is 2. The third-order valence-corrected chi connectivity index (χ3v) is 2.80. The smallest absolute Gasteiger partial charge is 0.245 e. The first-order valence-electron chi connectivity index (χ1n) is 6.19. The number of fused-ring (bicyclic) bond motifs is 1. The van der Waals surface area contributed by atoms with E-state index in [-0.39, 0.29) is 19.4 Å². The lowest BCUT2D eigenvalue weighted by Gasteiger charge is -2.13. The monoisotopic (exact) mass is 266 g/mol. The third kappa shape index (κ3) is 4.11. The molecule has 1 aromatic rings. The number of nitrogens with two attached hydrogens (primary N) is 1. The fourth-order valence-electron chi connectivity index (χ4n) is 1.79.